The third kappa shape index (κ3) is 3.02. The molecular formula is C21H16FNO3S. The van der Waals surface area contributed by atoms with Crippen LogP contribution in [0.5, 0.6) is 0 Å². The van der Waals surface area contributed by atoms with Gasteiger partial charge >= 0.3 is 5.97 Å². The van der Waals surface area contributed by atoms with Gasteiger partial charge in [-0.25, -0.2) is 9.18 Å². The average molecular weight is 381 g/mol. The molecule has 2 aromatic carbocycles. The van der Waals surface area contributed by atoms with Crippen molar-refractivity contribution in [2.75, 3.05) is 5.32 Å². The summed E-state index contributed by atoms with van der Waals surface area (Å²) in [5.41, 5.74) is 3.59. The first-order chi connectivity index (χ1) is 13.0. The zero-order valence-corrected chi connectivity index (χ0v) is 15.3. The topological polar surface area (TPSA) is 66.4 Å². The molecular weight excluding hydrogens is 365 g/mol. The minimum atomic E-state index is -1.06. The number of hydrogen-bond donors (Lipinski definition) is 2. The van der Waals surface area contributed by atoms with Gasteiger partial charge in [0.15, 0.2) is 0 Å². The number of nitrogens with one attached hydrogen (secondary N) is 1. The molecule has 4 rings (SSSR count). The Morgan fingerprint density at radius 2 is 1.89 bits per heavy atom. The number of carboxylic acid groups (broad SMARTS) is 1. The van der Waals surface area contributed by atoms with Gasteiger partial charge in [0, 0.05) is 22.8 Å². The monoisotopic (exact) mass is 381 g/mol. The molecule has 3 aromatic rings. The highest BCUT2D eigenvalue weighted by atomic mass is 32.1. The Hall–Kier alpha value is -2.99. The Kier molecular flexibility index (Phi) is 4.28. The number of hydrogen-bond acceptors (Lipinski definition) is 3. The molecule has 0 saturated carbocycles. The lowest BCUT2D eigenvalue weighted by Gasteiger charge is -2.25. The van der Waals surface area contributed by atoms with Gasteiger partial charge in [0.25, 0.3) is 0 Å². The summed E-state index contributed by atoms with van der Waals surface area (Å²) >= 11 is 1.17. The Balaban J connectivity index is 1.95. The Morgan fingerprint density at radius 3 is 2.56 bits per heavy atom. The van der Waals surface area contributed by atoms with Gasteiger partial charge in [0.1, 0.15) is 10.7 Å². The van der Waals surface area contributed by atoms with Crippen molar-refractivity contribution in [2.45, 2.75) is 19.3 Å². The first-order valence-electron chi connectivity index (χ1n) is 8.47. The van der Waals surface area contributed by atoms with Crippen molar-refractivity contribution in [1.29, 1.82) is 0 Å². The van der Waals surface area contributed by atoms with Crippen molar-refractivity contribution in [3.8, 4) is 11.1 Å². The van der Waals surface area contributed by atoms with Crippen LogP contribution in [0, 0.1) is 12.7 Å². The first-order valence-corrected chi connectivity index (χ1v) is 9.28. The molecule has 1 aliphatic rings. The van der Waals surface area contributed by atoms with E-state index >= 15 is 0 Å². The van der Waals surface area contributed by atoms with Gasteiger partial charge in [-0.2, -0.15) is 0 Å². The molecule has 27 heavy (non-hydrogen) atoms. The number of thiophene rings is 1. The first kappa shape index (κ1) is 17.4. The van der Waals surface area contributed by atoms with Gasteiger partial charge in [0.2, 0.25) is 5.91 Å². The Bertz CT molecular complexity index is 1060. The molecule has 2 heterocycles. The standard InChI is InChI=1S/C21H16FNO3S/c1-11-4-2-3-5-14(11)15-10-16(24)23-18-17(12-6-8-13(22)9-7-12)20(21(25)26)27-19(15)18/h2-9,15H,10H2,1H3,(H,23,24)(H,25,26)/t15-/m1/s1. The van der Waals surface area contributed by atoms with Gasteiger partial charge in [-0.05, 0) is 35.7 Å². The summed E-state index contributed by atoms with van der Waals surface area (Å²) in [7, 11) is 0. The molecule has 1 amide bonds. The molecule has 6 heteroatoms. The number of aryl methyl sites for hydroxylation is 1. The predicted molar refractivity (Wildman–Crippen MR) is 103 cm³/mol. The summed E-state index contributed by atoms with van der Waals surface area (Å²) < 4.78 is 13.3. The highest BCUT2D eigenvalue weighted by molar-refractivity contribution is 7.15. The molecule has 4 nitrogen and oxygen atoms in total. The minimum absolute atomic E-state index is 0.146. The molecule has 0 bridgehead atoms. The summed E-state index contributed by atoms with van der Waals surface area (Å²) in [6.45, 7) is 1.98. The summed E-state index contributed by atoms with van der Waals surface area (Å²) in [6, 6.07) is 13.4. The number of carbonyl (C=O) groups excluding carboxylic acids is 1. The number of amides is 1. The predicted octanol–water partition coefficient (Wildman–Crippen LogP) is 5.03. The molecule has 2 N–H and O–H groups in total. The lowest BCUT2D eigenvalue weighted by atomic mass is 9.86. The zero-order chi connectivity index (χ0) is 19.1. The van der Waals surface area contributed by atoms with E-state index in [2.05, 4.69) is 5.32 Å². The molecule has 1 atom stereocenters. The fraction of sp³-hybridized carbons (Fsp3) is 0.143. The number of aromatic carboxylic acids is 1. The van der Waals surface area contributed by atoms with Crippen LogP contribution >= 0.6 is 11.3 Å². The number of benzene rings is 2. The van der Waals surface area contributed by atoms with Crippen LogP contribution in [0.25, 0.3) is 11.1 Å². The van der Waals surface area contributed by atoms with E-state index in [9.17, 15) is 19.1 Å². The Labute approximate surface area is 159 Å². The lowest BCUT2D eigenvalue weighted by Crippen LogP contribution is -2.22. The zero-order valence-electron chi connectivity index (χ0n) is 14.5. The van der Waals surface area contributed by atoms with Crippen molar-refractivity contribution in [3.63, 3.8) is 0 Å². The summed E-state index contributed by atoms with van der Waals surface area (Å²) in [4.78, 5) is 25.3. The van der Waals surface area contributed by atoms with Gasteiger partial charge in [-0.15, -0.1) is 11.3 Å². The number of fused-ring (bicyclic) bond motifs is 1. The third-order valence-electron chi connectivity index (χ3n) is 4.80. The smallest absolute Gasteiger partial charge is 0.346 e. The molecule has 0 fully saturated rings. The normalized spacial score (nSPS) is 15.9. The van der Waals surface area contributed by atoms with Crippen LogP contribution in [0.2, 0.25) is 0 Å². The fourth-order valence-electron chi connectivity index (χ4n) is 3.56. The molecule has 1 aromatic heterocycles. The van der Waals surface area contributed by atoms with E-state index in [0.29, 0.717) is 16.8 Å². The van der Waals surface area contributed by atoms with Crippen molar-refractivity contribution >= 4 is 28.9 Å². The highest BCUT2D eigenvalue weighted by Crippen LogP contribution is 2.49. The number of carboxylic acids is 1. The maximum absolute atomic E-state index is 13.3. The molecule has 136 valence electrons. The van der Waals surface area contributed by atoms with E-state index in [1.54, 1.807) is 0 Å². The Morgan fingerprint density at radius 1 is 1.19 bits per heavy atom. The largest absolute Gasteiger partial charge is 0.477 e. The van der Waals surface area contributed by atoms with Crippen molar-refractivity contribution in [3.05, 3.63) is 75.2 Å². The molecule has 0 spiro atoms. The quantitative estimate of drug-likeness (QED) is 0.668. The minimum Gasteiger partial charge on any atom is -0.477 e. The molecule has 0 aliphatic carbocycles. The van der Waals surface area contributed by atoms with Crippen LogP contribution in [0.3, 0.4) is 0 Å². The summed E-state index contributed by atoms with van der Waals surface area (Å²) in [6.07, 6.45) is 0.264. The van der Waals surface area contributed by atoms with Gasteiger partial charge in [-0.1, -0.05) is 36.4 Å². The van der Waals surface area contributed by atoms with Gasteiger partial charge in [0.05, 0.1) is 5.69 Å². The van der Waals surface area contributed by atoms with Crippen LogP contribution in [0.15, 0.2) is 48.5 Å². The SMILES string of the molecule is Cc1ccccc1[C@H]1CC(=O)Nc2c1sc(C(=O)O)c2-c1ccc(F)cc1. The van der Waals surface area contributed by atoms with E-state index in [1.807, 2.05) is 31.2 Å². The van der Waals surface area contributed by atoms with Crippen LogP contribution in [0.1, 0.15) is 38.0 Å². The lowest BCUT2D eigenvalue weighted by molar-refractivity contribution is -0.116. The second-order valence-corrected chi connectivity index (χ2v) is 7.57. The molecule has 0 saturated heterocycles. The molecule has 1 aliphatic heterocycles. The van der Waals surface area contributed by atoms with Crippen molar-refractivity contribution < 1.29 is 19.1 Å². The van der Waals surface area contributed by atoms with Crippen molar-refractivity contribution in [2.24, 2.45) is 0 Å². The number of rotatable bonds is 3. The summed E-state index contributed by atoms with van der Waals surface area (Å²) in [5.74, 6) is -1.82. The van der Waals surface area contributed by atoms with E-state index in [0.717, 1.165) is 16.0 Å². The second kappa shape index (κ2) is 6.63. The van der Waals surface area contributed by atoms with Gasteiger partial charge < -0.3 is 10.4 Å². The van der Waals surface area contributed by atoms with Crippen LogP contribution in [-0.4, -0.2) is 17.0 Å². The average Bonchev–Trinajstić information content (AvgIpc) is 3.02. The van der Waals surface area contributed by atoms with E-state index < -0.39 is 11.8 Å². The number of halogens is 1. The van der Waals surface area contributed by atoms with Crippen LogP contribution in [0.4, 0.5) is 10.1 Å². The number of carbonyl (C=O) groups is 2. The maximum Gasteiger partial charge on any atom is 0.346 e. The fourth-order valence-corrected chi connectivity index (χ4v) is 4.80. The van der Waals surface area contributed by atoms with E-state index in [1.165, 1.54) is 35.6 Å². The van der Waals surface area contributed by atoms with E-state index in [-0.39, 0.29) is 23.1 Å². The van der Waals surface area contributed by atoms with E-state index in [4.69, 9.17) is 0 Å². The summed E-state index contributed by atoms with van der Waals surface area (Å²) in [5, 5.41) is 12.6. The highest BCUT2D eigenvalue weighted by Gasteiger charge is 2.34. The third-order valence-corrected chi connectivity index (χ3v) is 6.09. The maximum atomic E-state index is 13.3. The second-order valence-electron chi connectivity index (χ2n) is 6.52. The molecule has 0 radical (unpaired) electrons. The van der Waals surface area contributed by atoms with Crippen LogP contribution < -0.4 is 5.32 Å². The van der Waals surface area contributed by atoms with Crippen LogP contribution in [-0.2, 0) is 4.79 Å². The molecule has 0 unspecified atom stereocenters. The van der Waals surface area contributed by atoms with Gasteiger partial charge in [-0.3, -0.25) is 4.79 Å². The number of anilines is 1. The van der Waals surface area contributed by atoms with Crippen molar-refractivity contribution in [1.82, 2.24) is 0 Å².